The molecule has 4 rings (SSSR count). The molecule has 3 heterocycles. The maximum atomic E-state index is 12.5. The first kappa shape index (κ1) is 26.2. The van der Waals surface area contributed by atoms with E-state index in [2.05, 4.69) is 38.4 Å². The van der Waals surface area contributed by atoms with Crippen LogP contribution in [0.5, 0.6) is 0 Å². The van der Waals surface area contributed by atoms with E-state index in [-0.39, 0.29) is 17.3 Å². The van der Waals surface area contributed by atoms with Crippen molar-refractivity contribution in [2.45, 2.75) is 52.8 Å². The van der Waals surface area contributed by atoms with Crippen LogP contribution in [0.2, 0.25) is 11.6 Å². The number of aromatic nitrogens is 4. The maximum Gasteiger partial charge on any atom is 0.357 e. The van der Waals surface area contributed by atoms with E-state index in [1.54, 1.807) is 35.8 Å². The van der Waals surface area contributed by atoms with Crippen LogP contribution in [-0.2, 0) is 15.8 Å². The van der Waals surface area contributed by atoms with Crippen LogP contribution in [0.15, 0.2) is 48.7 Å². The number of carbonyl (C=O) groups is 1. The van der Waals surface area contributed by atoms with Gasteiger partial charge < -0.3 is 9.16 Å². The van der Waals surface area contributed by atoms with E-state index in [0.717, 1.165) is 28.1 Å². The predicted octanol–water partition coefficient (Wildman–Crippen LogP) is 5.75. The van der Waals surface area contributed by atoms with Crippen LogP contribution in [0.1, 0.15) is 55.1 Å². The first-order chi connectivity index (χ1) is 17.6. The van der Waals surface area contributed by atoms with Gasteiger partial charge in [-0.05, 0) is 61.3 Å². The lowest BCUT2D eigenvalue weighted by molar-refractivity contribution is 0.0519. The minimum Gasteiger partial charge on any atom is -0.461 e. The first-order valence-electron chi connectivity index (χ1n) is 12.1. The average Bonchev–Trinajstić information content (AvgIpc) is 3.25. The highest BCUT2D eigenvalue weighted by atomic mass is 28.3. The molecule has 0 aliphatic heterocycles. The van der Waals surface area contributed by atoms with Gasteiger partial charge in [0.2, 0.25) is 9.04 Å². The Morgan fingerprint density at radius 3 is 2.62 bits per heavy atom. The molecule has 0 saturated heterocycles. The number of carbonyl (C=O) groups excluding carboxylic acids is 1. The molecule has 0 unspecified atom stereocenters. The number of rotatable bonds is 7. The van der Waals surface area contributed by atoms with Crippen LogP contribution < -0.4 is 0 Å². The zero-order valence-electron chi connectivity index (χ0n) is 22.0. The molecule has 4 aromatic rings. The number of aryl methyl sites for hydroxylation is 1. The number of benzene rings is 1. The zero-order valence-corrected chi connectivity index (χ0v) is 23.0. The summed E-state index contributed by atoms with van der Waals surface area (Å²) in [5.74, 6) is -0.495. The van der Waals surface area contributed by atoms with Crippen LogP contribution in [0.3, 0.4) is 0 Å². The van der Waals surface area contributed by atoms with Crippen molar-refractivity contribution in [1.82, 2.24) is 19.6 Å². The number of ether oxygens (including phenoxy) is 1. The quantitative estimate of drug-likeness (QED) is 0.229. The zero-order chi connectivity index (χ0) is 26.7. The summed E-state index contributed by atoms with van der Waals surface area (Å²) in [4.78, 5) is 21.8. The topological polar surface area (TPSA) is 102 Å². The summed E-state index contributed by atoms with van der Waals surface area (Å²) in [6.07, 6.45) is 1.70. The maximum absolute atomic E-state index is 12.5. The number of hydrogen-bond donors (Lipinski definition) is 0. The smallest absolute Gasteiger partial charge is 0.357 e. The summed E-state index contributed by atoms with van der Waals surface area (Å²) >= 11 is 0. The van der Waals surface area contributed by atoms with Gasteiger partial charge in [-0.3, -0.25) is 4.98 Å². The summed E-state index contributed by atoms with van der Waals surface area (Å²) in [5, 5.41) is 14.4. The minimum absolute atomic E-state index is 0.103. The van der Waals surface area contributed by atoms with Crippen molar-refractivity contribution in [2.75, 3.05) is 6.61 Å². The second kappa shape index (κ2) is 10.6. The Hall–Kier alpha value is -3.87. The molecule has 9 heteroatoms. The number of pyridine rings is 1. The molecule has 0 spiro atoms. The Bertz CT molecular complexity index is 1500. The lowest BCUT2D eigenvalue weighted by Gasteiger charge is -2.24. The van der Waals surface area contributed by atoms with Gasteiger partial charge in [0.25, 0.3) is 0 Å². The Balaban J connectivity index is 1.89. The molecule has 0 aliphatic carbocycles. The molecular formula is C28H30N5O3Si. The summed E-state index contributed by atoms with van der Waals surface area (Å²) in [6.45, 7) is 13.1. The van der Waals surface area contributed by atoms with E-state index in [4.69, 9.17) is 19.2 Å². The summed E-state index contributed by atoms with van der Waals surface area (Å²) in [7, 11) is -1.05. The van der Waals surface area contributed by atoms with Crippen LogP contribution in [0.25, 0.3) is 28.0 Å². The first-order valence-corrected chi connectivity index (χ1v) is 14.0. The largest absolute Gasteiger partial charge is 0.461 e. The molecular weight excluding hydrogens is 482 g/mol. The van der Waals surface area contributed by atoms with Gasteiger partial charge in [-0.1, -0.05) is 32.9 Å². The van der Waals surface area contributed by atoms with Crippen molar-refractivity contribution in [2.24, 2.45) is 0 Å². The number of hydrogen-bond acceptors (Lipinski definition) is 7. The Labute approximate surface area is 218 Å². The minimum atomic E-state index is -1.05. The number of esters is 1. The van der Waals surface area contributed by atoms with Crippen molar-refractivity contribution in [3.05, 3.63) is 71.3 Å². The SMILES string of the molecule is CCOC(=O)c1ccn2nc(-c3cccc(C#N)c3)c(-c3cc(C)nc(CO[Si](C)C(C)(C)C)c3)c2n1. The molecule has 0 fully saturated rings. The van der Waals surface area contributed by atoms with Gasteiger partial charge in [0.05, 0.1) is 36.1 Å². The Morgan fingerprint density at radius 2 is 1.92 bits per heavy atom. The summed E-state index contributed by atoms with van der Waals surface area (Å²) < 4.78 is 13.1. The van der Waals surface area contributed by atoms with Crippen molar-refractivity contribution >= 4 is 20.7 Å². The Kier molecular flexibility index (Phi) is 7.52. The molecule has 8 nitrogen and oxygen atoms in total. The normalized spacial score (nSPS) is 11.6. The van der Waals surface area contributed by atoms with Gasteiger partial charge >= 0.3 is 5.97 Å². The van der Waals surface area contributed by atoms with Crippen LogP contribution in [0, 0.1) is 18.3 Å². The fourth-order valence-corrected chi connectivity index (χ4v) is 4.60. The number of nitrogens with zero attached hydrogens (tertiary/aromatic N) is 5. The molecule has 0 saturated carbocycles. The van der Waals surface area contributed by atoms with Gasteiger partial charge in [0.15, 0.2) is 11.3 Å². The summed E-state index contributed by atoms with van der Waals surface area (Å²) in [5.41, 5.74) is 5.89. The van der Waals surface area contributed by atoms with Crippen molar-refractivity contribution in [3.63, 3.8) is 0 Å². The van der Waals surface area contributed by atoms with E-state index >= 15 is 0 Å². The van der Waals surface area contributed by atoms with Gasteiger partial charge in [-0.25, -0.2) is 14.3 Å². The van der Waals surface area contributed by atoms with Crippen LogP contribution in [0.4, 0.5) is 0 Å². The lowest BCUT2D eigenvalue weighted by atomic mass is 9.99. The van der Waals surface area contributed by atoms with E-state index in [0.29, 0.717) is 23.5 Å². The van der Waals surface area contributed by atoms with Gasteiger partial charge in [-0.2, -0.15) is 10.4 Å². The summed E-state index contributed by atoms with van der Waals surface area (Å²) in [6, 6.07) is 15.0. The van der Waals surface area contributed by atoms with Crippen molar-refractivity contribution < 1.29 is 14.0 Å². The molecule has 1 aromatic carbocycles. The molecule has 3 aromatic heterocycles. The second-order valence-electron chi connectivity index (χ2n) is 9.80. The highest BCUT2D eigenvalue weighted by molar-refractivity contribution is 6.53. The Morgan fingerprint density at radius 1 is 1.14 bits per heavy atom. The third kappa shape index (κ3) is 5.76. The van der Waals surface area contributed by atoms with Gasteiger partial charge in [0.1, 0.15) is 5.69 Å². The molecule has 0 N–H and O–H groups in total. The number of fused-ring (bicyclic) bond motifs is 1. The molecule has 0 aliphatic rings. The molecule has 189 valence electrons. The van der Waals surface area contributed by atoms with E-state index < -0.39 is 15.0 Å². The predicted molar refractivity (Wildman–Crippen MR) is 143 cm³/mol. The highest BCUT2D eigenvalue weighted by Gasteiger charge is 2.25. The fourth-order valence-electron chi connectivity index (χ4n) is 3.81. The third-order valence-electron chi connectivity index (χ3n) is 6.02. The van der Waals surface area contributed by atoms with Crippen molar-refractivity contribution in [1.29, 1.82) is 5.26 Å². The third-order valence-corrected chi connectivity index (χ3v) is 8.71. The second-order valence-corrected chi connectivity index (χ2v) is 12.7. The van der Waals surface area contributed by atoms with E-state index in [1.165, 1.54) is 0 Å². The molecule has 0 bridgehead atoms. The van der Waals surface area contributed by atoms with Crippen molar-refractivity contribution in [3.8, 4) is 28.5 Å². The fraction of sp³-hybridized carbons (Fsp3) is 0.321. The highest BCUT2D eigenvalue weighted by Crippen LogP contribution is 2.36. The van der Waals surface area contributed by atoms with Crippen LogP contribution in [-0.4, -0.2) is 41.2 Å². The molecule has 0 atom stereocenters. The molecule has 0 amide bonds. The average molecular weight is 513 g/mol. The van der Waals surface area contributed by atoms with E-state index in [9.17, 15) is 10.1 Å². The van der Waals surface area contributed by atoms with E-state index in [1.807, 2.05) is 31.2 Å². The molecule has 37 heavy (non-hydrogen) atoms. The molecule has 1 radical (unpaired) electrons. The van der Waals surface area contributed by atoms with Gasteiger partial charge in [0, 0.05) is 17.5 Å². The monoisotopic (exact) mass is 512 g/mol. The van der Waals surface area contributed by atoms with Crippen LogP contribution >= 0.6 is 0 Å². The van der Waals surface area contributed by atoms with Gasteiger partial charge in [-0.15, -0.1) is 0 Å². The lowest BCUT2D eigenvalue weighted by Crippen LogP contribution is -2.25. The standard InChI is InChI=1S/C28H30N5O3Si/c1-7-35-27(34)23-11-12-33-26(31-23)24(25(32-33)20-10-8-9-19(14-20)16-29)21-13-18(2)30-22(15-21)17-36-37(6)28(3,4)5/h8-15H,7,17H2,1-6H3. The number of nitriles is 1.